The van der Waals surface area contributed by atoms with Crippen LogP contribution >= 0.6 is 0 Å². The molecule has 29 heavy (non-hydrogen) atoms. The Morgan fingerprint density at radius 1 is 1.14 bits per heavy atom. The van der Waals surface area contributed by atoms with Gasteiger partial charge in [-0.05, 0) is 48.7 Å². The molecule has 1 aliphatic rings. The van der Waals surface area contributed by atoms with Crippen LogP contribution < -0.4 is 10.6 Å². The molecule has 148 valence electrons. The Bertz CT molecular complexity index is 1060. The van der Waals surface area contributed by atoms with E-state index in [2.05, 4.69) is 27.8 Å². The van der Waals surface area contributed by atoms with E-state index in [1.165, 1.54) is 5.56 Å². The van der Waals surface area contributed by atoms with Crippen LogP contribution in [0.15, 0.2) is 54.6 Å². The summed E-state index contributed by atoms with van der Waals surface area (Å²) in [6.45, 7) is 2.83. The summed E-state index contributed by atoms with van der Waals surface area (Å²) in [6.07, 6.45) is 0.749. The number of benzene rings is 2. The molecular weight excluding hydrogens is 366 g/mol. The molecule has 0 bridgehead atoms. The van der Waals surface area contributed by atoms with Crippen LogP contribution in [-0.2, 0) is 11.2 Å². The van der Waals surface area contributed by atoms with E-state index in [1.807, 2.05) is 37.3 Å². The summed E-state index contributed by atoms with van der Waals surface area (Å²) in [7, 11) is 0. The third-order valence-corrected chi connectivity index (χ3v) is 5.39. The molecule has 1 aromatic heterocycles. The maximum Gasteiger partial charge on any atom is 0.309 e. The van der Waals surface area contributed by atoms with Gasteiger partial charge in [0.1, 0.15) is 0 Å². The first kappa shape index (κ1) is 19.1. The van der Waals surface area contributed by atoms with E-state index in [9.17, 15) is 14.7 Å². The number of para-hydroxylation sites is 1. The van der Waals surface area contributed by atoms with Gasteiger partial charge in [-0.25, -0.2) is 0 Å². The second-order valence-corrected chi connectivity index (χ2v) is 7.50. The first-order valence-electron chi connectivity index (χ1n) is 9.70. The Hall–Kier alpha value is -3.25. The van der Waals surface area contributed by atoms with Crippen LogP contribution in [0.4, 0.5) is 0 Å². The van der Waals surface area contributed by atoms with E-state index in [1.54, 1.807) is 12.1 Å². The zero-order valence-electron chi connectivity index (χ0n) is 16.2. The van der Waals surface area contributed by atoms with E-state index in [-0.39, 0.29) is 5.91 Å². The average molecular weight is 389 g/mol. The summed E-state index contributed by atoms with van der Waals surface area (Å²) in [5, 5.41) is 16.2. The Balaban J connectivity index is 1.49. The molecule has 0 unspecified atom stereocenters. The number of carbonyl (C=O) groups is 2. The summed E-state index contributed by atoms with van der Waals surface area (Å²) < 4.78 is 0. The number of carboxylic acids is 1. The zero-order chi connectivity index (χ0) is 20.4. The highest BCUT2D eigenvalue weighted by Crippen LogP contribution is 2.21. The zero-order valence-corrected chi connectivity index (χ0v) is 16.2. The number of aromatic nitrogens is 1. The molecule has 3 N–H and O–H groups in total. The minimum atomic E-state index is -0.893. The molecule has 0 radical (unpaired) electrons. The van der Waals surface area contributed by atoms with Crippen LogP contribution in [0.25, 0.3) is 10.9 Å². The number of nitrogens with zero attached hydrogens (tertiary/aromatic N) is 1. The van der Waals surface area contributed by atoms with Crippen molar-refractivity contribution in [3.8, 4) is 0 Å². The lowest BCUT2D eigenvalue weighted by molar-refractivity contribution is -0.141. The standard InChI is InChI=1S/C23H23N3O3/c1-14-10-17(18-4-2-3-5-20(18)25-14)11-15-6-8-16(9-7-15)22(27)26-21-13-24-12-19(21)23(28)29/h2-10,19,21,24H,11-13H2,1H3,(H,26,27)(H,28,29)/t19-,21+/m0/s1. The molecule has 1 amide bonds. The number of nitrogens with one attached hydrogen (secondary N) is 2. The van der Waals surface area contributed by atoms with Crippen molar-refractivity contribution in [2.45, 2.75) is 19.4 Å². The van der Waals surface area contributed by atoms with Gasteiger partial charge in [0.05, 0.1) is 17.5 Å². The number of hydrogen-bond donors (Lipinski definition) is 3. The first-order chi connectivity index (χ1) is 14.0. The minimum Gasteiger partial charge on any atom is -0.481 e. The third kappa shape index (κ3) is 4.12. The molecule has 1 aliphatic heterocycles. The predicted molar refractivity (Wildman–Crippen MR) is 111 cm³/mol. The van der Waals surface area contributed by atoms with Crippen molar-refractivity contribution in [3.63, 3.8) is 0 Å². The van der Waals surface area contributed by atoms with Gasteiger partial charge in [0, 0.05) is 29.7 Å². The Labute approximate surface area is 169 Å². The molecule has 0 spiro atoms. The Morgan fingerprint density at radius 3 is 2.66 bits per heavy atom. The van der Waals surface area contributed by atoms with Crippen LogP contribution in [0.2, 0.25) is 0 Å². The van der Waals surface area contributed by atoms with Gasteiger partial charge in [-0.3, -0.25) is 14.6 Å². The number of aryl methyl sites for hydroxylation is 1. The summed E-state index contributed by atoms with van der Waals surface area (Å²) >= 11 is 0. The second-order valence-electron chi connectivity index (χ2n) is 7.50. The molecule has 2 heterocycles. The van der Waals surface area contributed by atoms with Crippen LogP contribution in [0.3, 0.4) is 0 Å². The fraction of sp³-hybridized carbons (Fsp3) is 0.261. The van der Waals surface area contributed by atoms with Crippen molar-refractivity contribution >= 4 is 22.8 Å². The normalized spacial score (nSPS) is 18.7. The van der Waals surface area contributed by atoms with Crippen molar-refractivity contribution < 1.29 is 14.7 Å². The molecular formula is C23H23N3O3. The maximum absolute atomic E-state index is 12.5. The summed E-state index contributed by atoms with van der Waals surface area (Å²) in [5.41, 5.74) is 4.79. The summed E-state index contributed by atoms with van der Waals surface area (Å²) in [6, 6.07) is 17.3. The summed E-state index contributed by atoms with van der Waals surface area (Å²) in [5.74, 6) is -1.74. The highest BCUT2D eigenvalue weighted by molar-refractivity contribution is 5.94. The van der Waals surface area contributed by atoms with Crippen molar-refractivity contribution in [3.05, 3.63) is 77.0 Å². The maximum atomic E-state index is 12.5. The topological polar surface area (TPSA) is 91.3 Å². The number of pyridine rings is 1. The lowest BCUT2D eigenvalue weighted by atomic mass is 9.99. The van der Waals surface area contributed by atoms with Gasteiger partial charge in [0.15, 0.2) is 0 Å². The van der Waals surface area contributed by atoms with Gasteiger partial charge in [-0.1, -0.05) is 30.3 Å². The van der Waals surface area contributed by atoms with Gasteiger partial charge < -0.3 is 15.7 Å². The summed E-state index contributed by atoms with van der Waals surface area (Å²) in [4.78, 5) is 28.4. The van der Waals surface area contributed by atoms with Gasteiger partial charge in [0.2, 0.25) is 0 Å². The van der Waals surface area contributed by atoms with Crippen molar-refractivity contribution in [2.24, 2.45) is 5.92 Å². The average Bonchev–Trinajstić information content (AvgIpc) is 3.17. The predicted octanol–water partition coefficient (Wildman–Crippen LogP) is 2.54. The van der Waals surface area contributed by atoms with Crippen LogP contribution in [0, 0.1) is 12.8 Å². The quantitative estimate of drug-likeness (QED) is 0.624. The highest BCUT2D eigenvalue weighted by Gasteiger charge is 2.33. The van der Waals surface area contributed by atoms with E-state index in [4.69, 9.17) is 0 Å². The number of hydrogen-bond acceptors (Lipinski definition) is 4. The number of carbonyl (C=O) groups excluding carboxylic acids is 1. The highest BCUT2D eigenvalue weighted by atomic mass is 16.4. The fourth-order valence-corrected chi connectivity index (χ4v) is 3.88. The number of rotatable bonds is 5. The number of aliphatic carboxylic acids is 1. The molecule has 2 atom stereocenters. The molecule has 1 fully saturated rings. The van der Waals surface area contributed by atoms with Gasteiger partial charge in [-0.2, -0.15) is 0 Å². The largest absolute Gasteiger partial charge is 0.481 e. The van der Waals surface area contributed by atoms with Gasteiger partial charge in [0.25, 0.3) is 5.91 Å². The number of amides is 1. The van der Waals surface area contributed by atoms with Crippen molar-refractivity contribution in [2.75, 3.05) is 13.1 Å². The molecule has 4 rings (SSSR count). The molecule has 1 saturated heterocycles. The minimum absolute atomic E-state index is 0.248. The molecule has 0 saturated carbocycles. The smallest absolute Gasteiger partial charge is 0.309 e. The third-order valence-electron chi connectivity index (χ3n) is 5.39. The lowest BCUT2D eigenvalue weighted by Gasteiger charge is -2.16. The molecule has 2 aromatic carbocycles. The van der Waals surface area contributed by atoms with Crippen LogP contribution in [0.5, 0.6) is 0 Å². The SMILES string of the molecule is Cc1cc(Cc2ccc(C(=O)N[C@@H]3CNC[C@@H]3C(=O)O)cc2)c2ccccc2n1. The number of fused-ring (bicyclic) bond motifs is 1. The van der Waals surface area contributed by atoms with E-state index >= 15 is 0 Å². The molecule has 6 nitrogen and oxygen atoms in total. The van der Waals surface area contributed by atoms with Crippen LogP contribution in [0.1, 0.15) is 27.2 Å². The Morgan fingerprint density at radius 2 is 1.90 bits per heavy atom. The van der Waals surface area contributed by atoms with E-state index < -0.39 is 17.9 Å². The van der Waals surface area contributed by atoms with Gasteiger partial charge in [-0.15, -0.1) is 0 Å². The second kappa shape index (κ2) is 8.01. The fourth-order valence-electron chi connectivity index (χ4n) is 3.88. The van der Waals surface area contributed by atoms with Gasteiger partial charge >= 0.3 is 5.97 Å². The van der Waals surface area contributed by atoms with E-state index in [0.717, 1.165) is 28.6 Å². The number of carboxylic acid groups (broad SMARTS) is 1. The van der Waals surface area contributed by atoms with Crippen molar-refractivity contribution in [1.29, 1.82) is 0 Å². The van der Waals surface area contributed by atoms with Crippen molar-refractivity contribution in [1.82, 2.24) is 15.6 Å². The van der Waals surface area contributed by atoms with Crippen LogP contribution in [-0.4, -0.2) is 41.1 Å². The Kier molecular flexibility index (Phi) is 5.27. The monoisotopic (exact) mass is 389 g/mol. The van der Waals surface area contributed by atoms with E-state index in [0.29, 0.717) is 18.7 Å². The molecule has 6 heteroatoms. The lowest BCUT2D eigenvalue weighted by Crippen LogP contribution is -2.42. The first-order valence-corrected chi connectivity index (χ1v) is 9.70. The molecule has 0 aliphatic carbocycles. The molecule has 3 aromatic rings.